The van der Waals surface area contributed by atoms with E-state index >= 15 is 0 Å². The Bertz CT molecular complexity index is 244. The molecule has 0 aliphatic heterocycles. The summed E-state index contributed by atoms with van der Waals surface area (Å²) < 4.78 is 0. The second-order valence-electron chi connectivity index (χ2n) is 2.17. The quantitative estimate of drug-likeness (QED) is 0.443. The van der Waals surface area contributed by atoms with Gasteiger partial charge in [0.05, 0.1) is 5.69 Å². The summed E-state index contributed by atoms with van der Waals surface area (Å²) in [6.45, 7) is 3.25. The SMILES string of the molecule is CC(=O)c1cc(C)n(N)n1. The van der Waals surface area contributed by atoms with Crippen molar-refractivity contribution in [3.63, 3.8) is 0 Å². The normalized spacial score (nSPS) is 9.80. The summed E-state index contributed by atoms with van der Waals surface area (Å²) in [5, 5.41) is 3.75. The Hall–Kier alpha value is -1.32. The lowest BCUT2D eigenvalue weighted by molar-refractivity contribution is 0.101. The Kier molecular flexibility index (Phi) is 1.45. The third-order valence-corrected chi connectivity index (χ3v) is 1.28. The molecule has 0 spiro atoms. The Morgan fingerprint density at radius 3 is 2.60 bits per heavy atom. The average molecular weight is 139 g/mol. The molecule has 1 rings (SSSR count). The number of Topliss-reactive ketones (excluding diaryl/α,β-unsaturated/α-hetero) is 1. The Morgan fingerprint density at radius 2 is 2.40 bits per heavy atom. The van der Waals surface area contributed by atoms with Crippen molar-refractivity contribution in [3.8, 4) is 0 Å². The molecule has 54 valence electrons. The highest BCUT2D eigenvalue weighted by Crippen LogP contribution is 1.99. The second kappa shape index (κ2) is 2.13. The van der Waals surface area contributed by atoms with E-state index in [1.807, 2.05) is 0 Å². The van der Waals surface area contributed by atoms with Crippen molar-refractivity contribution in [1.82, 2.24) is 9.89 Å². The number of hydrogen-bond acceptors (Lipinski definition) is 3. The third kappa shape index (κ3) is 1.00. The van der Waals surface area contributed by atoms with Crippen LogP contribution in [-0.2, 0) is 0 Å². The standard InChI is InChI=1S/C6H9N3O/c1-4-3-6(5(2)10)8-9(4)7/h3H,7H2,1-2H3. The van der Waals surface area contributed by atoms with Crippen molar-refractivity contribution in [2.24, 2.45) is 0 Å². The van der Waals surface area contributed by atoms with Gasteiger partial charge in [0.1, 0.15) is 5.69 Å². The number of hydrogen-bond donors (Lipinski definition) is 1. The molecule has 0 amide bonds. The van der Waals surface area contributed by atoms with Gasteiger partial charge in [-0.2, -0.15) is 4.79 Å². The highest BCUT2D eigenvalue weighted by molar-refractivity contribution is 5.92. The lowest BCUT2D eigenvalue weighted by Gasteiger charge is -1.88. The zero-order valence-electron chi connectivity index (χ0n) is 5.96. The molecule has 0 aliphatic rings. The summed E-state index contributed by atoms with van der Waals surface area (Å²) in [6.07, 6.45) is 0. The molecule has 0 unspecified atom stereocenters. The van der Waals surface area contributed by atoms with Crippen LogP contribution >= 0.6 is 0 Å². The number of carbonyl (C=O) groups is 1. The van der Waals surface area contributed by atoms with Crippen LogP contribution in [0.5, 0.6) is 0 Å². The van der Waals surface area contributed by atoms with Crippen molar-refractivity contribution in [2.45, 2.75) is 13.8 Å². The van der Waals surface area contributed by atoms with Crippen LogP contribution in [0.3, 0.4) is 0 Å². The van der Waals surface area contributed by atoms with Crippen LogP contribution in [0.1, 0.15) is 23.1 Å². The molecule has 0 saturated carbocycles. The third-order valence-electron chi connectivity index (χ3n) is 1.28. The molecule has 10 heavy (non-hydrogen) atoms. The zero-order chi connectivity index (χ0) is 7.72. The minimum Gasteiger partial charge on any atom is -0.323 e. The first kappa shape index (κ1) is 6.80. The molecule has 1 aromatic rings. The van der Waals surface area contributed by atoms with E-state index in [1.54, 1.807) is 13.0 Å². The van der Waals surface area contributed by atoms with Crippen LogP contribution in [-0.4, -0.2) is 15.7 Å². The van der Waals surface area contributed by atoms with E-state index < -0.39 is 0 Å². The molecule has 0 fully saturated rings. The first-order chi connectivity index (χ1) is 4.61. The van der Waals surface area contributed by atoms with Gasteiger partial charge in [-0.05, 0) is 13.0 Å². The largest absolute Gasteiger partial charge is 0.323 e. The molecule has 2 N–H and O–H groups in total. The molecule has 0 radical (unpaired) electrons. The Balaban J connectivity index is 3.10. The van der Waals surface area contributed by atoms with E-state index in [0.29, 0.717) is 5.69 Å². The summed E-state index contributed by atoms with van der Waals surface area (Å²) in [6, 6.07) is 1.66. The summed E-state index contributed by atoms with van der Waals surface area (Å²) in [5.41, 5.74) is 1.20. The van der Waals surface area contributed by atoms with Gasteiger partial charge in [0, 0.05) is 6.92 Å². The van der Waals surface area contributed by atoms with Gasteiger partial charge in [-0.1, -0.05) is 0 Å². The number of aromatic nitrogens is 2. The Labute approximate surface area is 58.6 Å². The summed E-state index contributed by atoms with van der Waals surface area (Å²) in [4.78, 5) is 11.9. The summed E-state index contributed by atoms with van der Waals surface area (Å²) in [5.74, 6) is 5.27. The molecule has 1 aromatic heterocycles. The number of nitrogen functional groups attached to an aromatic ring is 1. The fraction of sp³-hybridized carbons (Fsp3) is 0.333. The Morgan fingerprint density at radius 1 is 1.80 bits per heavy atom. The molecule has 4 nitrogen and oxygen atoms in total. The van der Waals surface area contributed by atoms with E-state index in [4.69, 9.17) is 5.84 Å². The van der Waals surface area contributed by atoms with E-state index in [2.05, 4.69) is 5.10 Å². The van der Waals surface area contributed by atoms with E-state index in [1.165, 1.54) is 11.7 Å². The summed E-state index contributed by atoms with van der Waals surface area (Å²) in [7, 11) is 0. The predicted octanol–water partition coefficient (Wildman–Crippen LogP) is 0.108. The number of carbonyl (C=O) groups excluding carboxylic acids is 1. The van der Waals surface area contributed by atoms with Gasteiger partial charge in [0.2, 0.25) is 0 Å². The maximum Gasteiger partial charge on any atom is 0.180 e. The van der Waals surface area contributed by atoms with Crippen molar-refractivity contribution < 1.29 is 4.79 Å². The molecular weight excluding hydrogens is 130 g/mol. The van der Waals surface area contributed by atoms with Gasteiger partial charge in [-0.3, -0.25) is 4.79 Å². The van der Waals surface area contributed by atoms with E-state index in [0.717, 1.165) is 5.69 Å². The number of ketones is 1. The van der Waals surface area contributed by atoms with Gasteiger partial charge in [-0.25, -0.2) is 0 Å². The fourth-order valence-electron chi connectivity index (χ4n) is 0.660. The molecular formula is C6H9N3O. The first-order valence-corrected chi connectivity index (χ1v) is 2.94. The van der Waals surface area contributed by atoms with Crippen LogP contribution in [0.4, 0.5) is 0 Å². The highest BCUT2D eigenvalue weighted by Gasteiger charge is 2.04. The van der Waals surface area contributed by atoms with Gasteiger partial charge >= 0.3 is 0 Å². The molecule has 0 atom stereocenters. The van der Waals surface area contributed by atoms with Gasteiger partial charge < -0.3 is 5.84 Å². The fourth-order valence-corrected chi connectivity index (χ4v) is 0.660. The van der Waals surface area contributed by atoms with Gasteiger partial charge in [-0.15, -0.1) is 5.10 Å². The van der Waals surface area contributed by atoms with E-state index in [9.17, 15) is 4.79 Å². The number of aryl methyl sites for hydroxylation is 1. The van der Waals surface area contributed by atoms with Crippen LogP contribution in [0.25, 0.3) is 0 Å². The van der Waals surface area contributed by atoms with Crippen LogP contribution < -0.4 is 5.84 Å². The lowest BCUT2D eigenvalue weighted by atomic mass is 10.3. The number of rotatable bonds is 1. The van der Waals surface area contributed by atoms with Crippen molar-refractivity contribution >= 4 is 5.78 Å². The van der Waals surface area contributed by atoms with Gasteiger partial charge in [0.15, 0.2) is 5.78 Å². The van der Waals surface area contributed by atoms with Crippen LogP contribution in [0.2, 0.25) is 0 Å². The van der Waals surface area contributed by atoms with Crippen LogP contribution in [0.15, 0.2) is 6.07 Å². The minimum absolute atomic E-state index is 0.0627. The van der Waals surface area contributed by atoms with Crippen molar-refractivity contribution in [2.75, 3.05) is 5.84 Å². The average Bonchev–Trinajstić information content (AvgIpc) is 2.13. The smallest absolute Gasteiger partial charge is 0.180 e. The molecule has 0 aliphatic carbocycles. The molecule has 1 heterocycles. The molecule has 4 heteroatoms. The number of nitrogens with two attached hydrogens (primary N) is 1. The molecule has 0 bridgehead atoms. The maximum absolute atomic E-state index is 10.7. The highest BCUT2D eigenvalue weighted by atomic mass is 16.1. The van der Waals surface area contributed by atoms with Gasteiger partial charge in [0.25, 0.3) is 0 Å². The van der Waals surface area contributed by atoms with Crippen LogP contribution in [0, 0.1) is 6.92 Å². The zero-order valence-corrected chi connectivity index (χ0v) is 5.96. The van der Waals surface area contributed by atoms with Crippen molar-refractivity contribution in [1.29, 1.82) is 0 Å². The van der Waals surface area contributed by atoms with Crippen molar-refractivity contribution in [3.05, 3.63) is 17.5 Å². The molecule has 0 aromatic carbocycles. The monoisotopic (exact) mass is 139 g/mol. The lowest BCUT2D eigenvalue weighted by Crippen LogP contribution is -2.12. The predicted molar refractivity (Wildman–Crippen MR) is 37.1 cm³/mol. The molecule has 0 saturated heterocycles. The first-order valence-electron chi connectivity index (χ1n) is 2.94. The summed E-state index contributed by atoms with van der Waals surface area (Å²) >= 11 is 0. The minimum atomic E-state index is -0.0627. The van der Waals surface area contributed by atoms with E-state index in [-0.39, 0.29) is 5.78 Å². The number of nitrogens with zero attached hydrogens (tertiary/aromatic N) is 2. The second-order valence-corrected chi connectivity index (χ2v) is 2.17. The maximum atomic E-state index is 10.7. The topological polar surface area (TPSA) is 60.9 Å².